The van der Waals surface area contributed by atoms with Crippen molar-refractivity contribution in [2.45, 2.75) is 12.0 Å². The maximum atomic E-state index is 10.5. The number of hydrogen-bond donors (Lipinski definition) is 1. The van der Waals surface area contributed by atoms with Crippen molar-refractivity contribution in [3.63, 3.8) is 0 Å². The summed E-state index contributed by atoms with van der Waals surface area (Å²) in [4.78, 5) is 10.5. The van der Waals surface area contributed by atoms with Crippen LogP contribution in [0.25, 0.3) is 0 Å². The lowest BCUT2D eigenvalue weighted by molar-refractivity contribution is 0.0107. The van der Waals surface area contributed by atoms with Crippen LogP contribution in [0.15, 0.2) is 59.9 Å². The minimum Gasteiger partial charge on any atom is -0.504 e. The highest BCUT2D eigenvalue weighted by Crippen LogP contribution is 2.49. The number of ether oxygens (including phenoxy) is 4. The number of nitrogens with zero attached hydrogens (tertiary/aromatic N) is 2. The SMILES string of the molecule is COc1ccc(C2(c3cc(OC)c(OC)c(OC)c3)CC(c3ccccn3)=NO2)cc1O. The molecule has 0 aliphatic carbocycles. The second-order valence-corrected chi connectivity index (χ2v) is 7.15. The monoisotopic (exact) mass is 436 g/mol. The second kappa shape index (κ2) is 8.66. The number of phenolic OH excluding ortho intramolecular Hbond substituents is 1. The van der Waals surface area contributed by atoms with Crippen LogP contribution in [0.3, 0.4) is 0 Å². The summed E-state index contributed by atoms with van der Waals surface area (Å²) in [7, 11) is 6.15. The average Bonchev–Trinajstić information content (AvgIpc) is 3.30. The van der Waals surface area contributed by atoms with Gasteiger partial charge in [0.1, 0.15) is 5.71 Å². The van der Waals surface area contributed by atoms with Crippen molar-refractivity contribution >= 4 is 5.71 Å². The summed E-state index contributed by atoms with van der Waals surface area (Å²) in [5.41, 5.74) is 1.71. The van der Waals surface area contributed by atoms with Gasteiger partial charge in [-0.05, 0) is 36.4 Å². The van der Waals surface area contributed by atoms with Gasteiger partial charge in [0, 0.05) is 23.7 Å². The Hall–Kier alpha value is -3.94. The first-order valence-corrected chi connectivity index (χ1v) is 9.90. The van der Waals surface area contributed by atoms with Crippen LogP contribution in [0.1, 0.15) is 23.2 Å². The smallest absolute Gasteiger partial charge is 0.203 e. The summed E-state index contributed by atoms with van der Waals surface area (Å²) in [6.07, 6.45) is 2.07. The number of methoxy groups -OCH3 is 4. The number of hydrogen-bond acceptors (Lipinski definition) is 8. The Morgan fingerprint density at radius 1 is 0.844 bits per heavy atom. The largest absolute Gasteiger partial charge is 0.504 e. The molecule has 8 heteroatoms. The summed E-state index contributed by atoms with van der Waals surface area (Å²) in [5, 5.41) is 14.8. The van der Waals surface area contributed by atoms with Gasteiger partial charge in [0.05, 0.1) is 34.1 Å². The maximum Gasteiger partial charge on any atom is 0.203 e. The predicted molar refractivity (Wildman–Crippen MR) is 118 cm³/mol. The number of aromatic nitrogens is 1. The first-order chi connectivity index (χ1) is 15.6. The van der Waals surface area contributed by atoms with Crippen molar-refractivity contribution in [1.82, 2.24) is 4.98 Å². The van der Waals surface area contributed by atoms with E-state index in [0.717, 1.165) is 0 Å². The van der Waals surface area contributed by atoms with E-state index >= 15 is 0 Å². The van der Waals surface area contributed by atoms with E-state index < -0.39 is 5.60 Å². The average molecular weight is 436 g/mol. The van der Waals surface area contributed by atoms with E-state index in [-0.39, 0.29) is 5.75 Å². The van der Waals surface area contributed by atoms with Crippen molar-refractivity contribution < 1.29 is 28.9 Å². The van der Waals surface area contributed by atoms with Gasteiger partial charge in [0.25, 0.3) is 0 Å². The summed E-state index contributed by atoms with van der Waals surface area (Å²) < 4.78 is 21.8. The topological polar surface area (TPSA) is 91.6 Å². The highest BCUT2D eigenvalue weighted by atomic mass is 16.7. The Morgan fingerprint density at radius 2 is 1.56 bits per heavy atom. The van der Waals surface area contributed by atoms with E-state index in [9.17, 15) is 5.11 Å². The first kappa shape index (κ1) is 21.3. The predicted octanol–water partition coefficient (Wildman–Crippen LogP) is 3.89. The minimum atomic E-state index is -1.07. The maximum absolute atomic E-state index is 10.5. The number of rotatable bonds is 7. The van der Waals surface area contributed by atoms with Gasteiger partial charge in [0.2, 0.25) is 5.75 Å². The fraction of sp³-hybridized carbons (Fsp3) is 0.250. The van der Waals surface area contributed by atoms with Gasteiger partial charge in [-0.3, -0.25) is 4.98 Å². The van der Waals surface area contributed by atoms with Gasteiger partial charge in [-0.2, -0.15) is 0 Å². The lowest BCUT2D eigenvalue weighted by Crippen LogP contribution is -2.28. The molecule has 4 rings (SSSR count). The molecule has 3 aromatic rings. The molecule has 32 heavy (non-hydrogen) atoms. The lowest BCUT2D eigenvalue weighted by atomic mass is 9.81. The molecule has 2 heterocycles. The first-order valence-electron chi connectivity index (χ1n) is 9.90. The number of pyridine rings is 1. The molecular formula is C24H24N2O6. The van der Waals surface area contributed by atoms with Crippen LogP contribution in [0.2, 0.25) is 0 Å². The fourth-order valence-corrected chi connectivity index (χ4v) is 3.84. The number of oxime groups is 1. The Balaban J connectivity index is 1.89. The van der Waals surface area contributed by atoms with Crippen LogP contribution in [0.5, 0.6) is 28.7 Å². The molecule has 0 spiro atoms. The molecule has 0 radical (unpaired) electrons. The van der Waals surface area contributed by atoms with Crippen LogP contribution in [-0.2, 0) is 10.4 Å². The van der Waals surface area contributed by atoms with Gasteiger partial charge >= 0.3 is 0 Å². The Labute approximate surface area is 186 Å². The van der Waals surface area contributed by atoms with Gasteiger partial charge < -0.3 is 28.9 Å². The molecule has 1 atom stereocenters. The van der Waals surface area contributed by atoms with E-state index in [1.807, 2.05) is 36.4 Å². The normalized spacial score (nSPS) is 17.3. The van der Waals surface area contributed by atoms with E-state index in [0.29, 0.717) is 52.0 Å². The molecule has 0 saturated carbocycles. The quantitative estimate of drug-likeness (QED) is 0.601. The molecule has 1 aromatic heterocycles. The summed E-state index contributed by atoms with van der Waals surface area (Å²) in [5.74, 6) is 1.78. The summed E-state index contributed by atoms with van der Waals surface area (Å²) >= 11 is 0. The van der Waals surface area contributed by atoms with Crippen LogP contribution in [-0.4, -0.2) is 44.2 Å². The highest BCUT2D eigenvalue weighted by Gasteiger charge is 2.45. The molecule has 8 nitrogen and oxygen atoms in total. The van der Waals surface area contributed by atoms with Gasteiger partial charge in [-0.15, -0.1) is 0 Å². The molecule has 0 amide bonds. The van der Waals surface area contributed by atoms with E-state index in [4.69, 9.17) is 23.8 Å². The zero-order valence-electron chi connectivity index (χ0n) is 18.3. The van der Waals surface area contributed by atoms with Gasteiger partial charge in [-0.1, -0.05) is 17.3 Å². The third-order valence-corrected chi connectivity index (χ3v) is 5.46. The van der Waals surface area contributed by atoms with Crippen molar-refractivity contribution in [2.75, 3.05) is 28.4 Å². The molecule has 0 bridgehead atoms. The number of phenols is 1. The summed E-state index contributed by atoms with van der Waals surface area (Å²) in [6.45, 7) is 0. The van der Waals surface area contributed by atoms with E-state index in [2.05, 4.69) is 10.1 Å². The second-order valence-electron chi connectivity index (χ2n) is 7.15. The Morgan fingerprint density at radius 3 is 2.12 bits per heavy atom. The van der Waals surface area contributed by atoms with Gasteiger partial charge in [0.15, 0.2) is 28.6 Å². The van der Waals surface area contributed by atoms with Crippen LogP contribution >= 0.6 is 0 Å². The van der Waals surface area contributed by atoms with Crippen molar-refractivity contribution in [2.24, 2.45) is 5.16 Å². The molecule has 1 aliphatic rings. The molecule has 166 valence electrons. The van der Waals surface area contributed by atoms with Crippen LogP contribution < -0.4 is 18.9 Å². The minimum absolute atomic E-state index is 0.00768. The van der Waals surface area contributed by atoms with Crippen molar-refractivity contribution in [3.05, 3.63) is 71.5 Å². The Bertz CT molecular complexity index is 1120. The zero-order valence-corrected chi connectivity index (χ0v) is 18.3. The van der Waals surface area contributed by atoms with E-state index in [1.165, 1.54) is 7.11 Å². The van der Waals surface area contributed by atoms with Crippen LogP contribution in [0.4, 0.5) is 0 Å². The summed E-state index contributed by atoms with van der Waals surface area (Å²) in [6, 6.07) is 14.4. The highest BCUT2D eigenvalue weighted by molar-refractivity contribution is 6.00. The molecule has 2 aromatic carbocycles. The van der Waals surface area contributed by atoms with Crippen molar-refractivity contribution in [3.8, 4) is 28.7 Å². The van der Waals surface area contributed by atoms with E-state index in [1.54, 1.807) is 39.7 Å². The van der Waals surface area contributed by atoms with Crippen molar-refractivity contribution in [1.29, 1.82) is 0 Å². The molecule has 1 N–H and O–H groups in total. The fourth-order valence-electron chi connectivity index (χ4n) is 3.84. The Kier molecular flexibility index (Phi) is 5.77. The molecular weight excluding hydrogens is 412 g/mol. The third kappa shape index (κ3) is 3.53. The molecule has 0 fully saturated rings. The molecule has 1 aliphatic heterocycles. The third-order valence-electron chi connectivity index (χ3n) is 5.46. The standard InChI is InChI=1S/C24H24N2O6/c1-28-20-9-8-15(11-19(20)27)24(14-18(26-32-24)17-7-5-6-10-25-17)16-12-21(29-2)23(31-4)22(13-16)30-3/h5-13,27H,14H2,1-4H3. The number of aromatic hydroxyl groups is 1. The lowest BCUT2D eigenvalue weighted by Gasteiger charge is -2.29. The zero-order chi connectivity index (χ0) is 22.7. The van der Waals surface area contributed by atoms with Gasteiger partial charge in [-0.25, -0.2) is 0 Å². The number of benzene rings is 2. The molecule has 0 saturated heterocycles. The molecule has 1 unspecified atom stereocenters. The van der Waals surface area contributed by atoms with Crippen LogP contribution in [0, 0.1) is 0 Å².